The number of likely N-dealkylation sites (N-methyl/N-ethyl adjacent to an activating group) is 1. The predicted molar refractivity (Wildman–Crippen MR) is 123 cm³/mol. The maximum Gasteiger partial charge on any atom is 0.267 e. The van der Waals surface area contributed by atoms with Crippen molar-refractivity contribution in [3.8, 4) is 28.3 Å². The van der Waals surface area contributed by atoms with Crippen LogP contribution in [0.1, 0.15) is 19.9 Å². The van der Waals surface area contributed by atoms with Crippen molar-refractivity contribution in [1.82, 2.24) is 24.3 Å². The van der Waals surface area contributed by atoms with Crippen molar-refractivity contribution >= 4 is 11.4 Å². The summed E-state index contributed by atoms with van der Waals surface area (Å²) in [6, 6.07) is 16.7. The maximum absolute atomic E-state index is 12.3. The third-order valence-corrected chi connectivity index (χ3v) is 5.08. The van der Waals surface area contributed by atoms with Crippen LogP contribution in [-0.4, -0.2) is 50.9 Å². The second-order valence-electron chi connectivity index (χ2n) is 7.96. The first-order chi connectivity index (χ1) is 15.3. The van der Waals surface area contributed by atoms with Gasteiger partial charge in [-0.15, -0.1) is 0 Å². The van der Waals surface area contributed by atoms with Crippen molar-refractivity contribution in [1.29, 1.82) is 0 Å². The van der Waals surface area contributed by atoms with Gasteiger partial charge in [0.25, 0.3) is 11.5 Å². The van der Waals surface area contributed by atoms with Gasteiger partial charge in [0, 0.05) is 25.7 Å². The van der Waals surface area contributed by atoms with Crippen LogP contribution in [0.4, 0.5) is 0 Å². The molecule has 3 aromatic heterocycles. The van der Waals surface area contributed by atoms with Crippen LogP contribution in [0.2, 0.25) is 0 Å². The number of nitrogens with zero attached hydrogens (tertiary/aromatic N) is 5. The number of amides is 1. The summed E-state index contributed by atoms with van der Waals surface area (Å²) in [5.74, 6) is 0.401. The predicted octanol–water partition coefficient (Wildman–Crippen LogP) is 3.27. The van der Waals surface area contributed by atoms with Crippen LogP contribution in [0.3, 0.4) is 0 Å². The van der Waals surface area contributed by atoms with Crippen LogP contribution < -0.4 is 10.3 Å². The minimum atomic E-state index is -0.150. The van der Waals surface area contributed by atoms with Gasteiger partial charge in [0.1, 0.15) is 11.4 Å². The van der Waals surface area contributed by atoms with Crippen molar-refractivity contribution in [3.05, 3.63) is 71.1 Å². The quantitative estimate of drug-likeness (QED) is 0.468. The highest BCUT2D eigenvalue weighted by Crippen LogP contribution is 2.34. The molecule has 8 heteroatoms. The largest absolute Gasteiger partial charge is 0.482 e. The molecule has 0 N–H and O–H groups in total. The van der Waals surface area contributed by atoms with Crippen LogP contribution in [0, 0.1) is 0 Å². The molecule has 164 valence electrons. The highest BCUT2D eigenvalue weighted by molar-refractivity contribution is 5.90. The molecule has 4 aromatic rings. The van der Waals surface area contributed by atoms with Crippen LogP contribution >= 0.6 is 0 Å². The van der Waals surface area contributed by atoms with Crippen LogP contribution in [-0.2, 0) is 4.79 Å². The number of carbonyl (C=O) groups is 1. The summed E-state index contributed by atoms with van der Waals surface area (Å²) in [5, 5.41) is 9.41. The molecular formula is C24H25N5O3. The summed E-state index contributed by atoms with van der Waals surface area (Å²) in [6.45, 7) is 3.79. The molecule has 0 spiro atoms. The molecule has 1 aromatic carbocycles. The van der Waals surface area contributed by atoms with Crippen molar-refractivity contribution in [2.24, 2.45) is 0 Å². The number of hydrogen-bond donors (Lipinski definition) is 0. The third kappa shape index (κ3) is 4.12. The standard InChI is InChI=1S/C24H25N5O3/c1-16(2)29-21(30)13-11-19(25-29)23-20-12-10-18(32-15-22(31)27(3)4)14-28(20)26-24(23)17-8-6-5-7-9-17/h5-14,16H,15H2,1-4H3. The van der Waals surface area contributed by atoms with Crippen LogP contribution in [0.15, 0.2) is 65.6 Å². The molecule has 32 heavy (non-hydrogen) atoms. The lowest BCUT2D eigenvalue weighted by atomic mass is 10.0. The van der Waals surface area contributed by atoms with Gasteiger partial charge in [0.05, 0.1) is 29.0 Å². The zero-order valence-corrected chi connectivity index (χ0v) is 18.5. The Hall–Kier alpha value is -3.94. The number of hydrogen-bond acceptors (Lipinski definition) is 5. The van der Waals surface area contributed by atoms with Crippen molar-refractivity contribution < 1.29 is 9.53 Å². The molecule has 0 saturated heterocycles. The SMILES string of the molecule is CC(C)n1nc(-c2c(-c3ccccc3)nn3cc(OCC(=O)N(C)C)ccc23)ccc1=O. The fraction of sp³-hybridized carbons (Fsp3) is 0.250. The molecule has 0 aliphatic rings. The highest BCUT2D eigenvalue weighted by atomic mass is 16.5. The second-order valence-corrected chi connectivity index (χ2v) is 7.96. The van der Waals surface area contributed by atoms with Crippen LogP contribution in [0.25, 0.3) is 28.0 Å². The Labute approximate surface area is 185 Å². The normalized spacial score (nSPS) is 11.2. The smallest absolute Gasteiger partial charge is 0.267 e. The van der Waals surface area contributed by atoms with Crippen molar-refractivity contribution in [2.75, 3.05) is 20.7 Å². The van der Waals surface area contributed by atoms with Gasteiger partial charge >= 0.3 is 0 Å². The minimum absolute atomic E-state index is 0.0565. The zero-order valence-electron chi connectivity index (χ0n) is 18.5. The maximum atomic E-state index is 12.3. The number of pyridine rings is 1. The lowest BCUT2D eigenvalue weighted by molar-refractivity contribution is -0.130. The Balaban J connectivity index is 1.86. The first kappa shape index (κ1) is 21.3. The monoisotopic (exact) mass is 431 g/mol. The average Bonchev–Trinajstić information content (AvgIpc) is 3.17. The van der Waals surface area contributed by atoms with E-state index < -0.39 is 0 Å². The molecule has 0 radical (unpaired) electrons. The number of rotatable bonds is 6. The Kier molecular flexibility index (Phi) is 5.77. The summed E-state index contributed by atoms with van der Waals surface area (Å²) in [7, 11) is 3.37. The Morgan fingerprint density at radius 3 is 2.47 bits per heavy atom. The second kappa shape index (κ2) is 8.66. The van der Waals surface area contributed by atoms with Gasteiger partial charge < -0.3 is 9.64 Å². The number of ether oxygens (including phenoxy) is 1. The van der Waals surface area contributed by atoms with Gasteiger partial charge in [-0.25, -0.2) is 9.20 Å². The Morgan fingerprint density at radius 2 is 1.78 bits per heavy atom. The lowest BCUT2D eigenvalue weighted by Gasteiger charge is -2.11. The first-order valence-electron chi connectivity index (χ1n) is 10.4. The Morgan fingerprint density at radius 1 is 1.03 bits per heavy atom. The van der Waals surface area contributed by atoms with Gasteiger partial charge in [0.15, 0.2) is 6.61 Å². The molecule has 4 rings (SSSR count). The molecule has 1 amide bonds. The van der Waals surface area contributed by atoms with E-state index in [0.717, 1.165) is 22.3 Å². The Bertz CT molecular complexity index is 1320. The number of aromatic nitrogens is 4. The molecule has 0 unspecified atom stereocenters. The summed E-state index contributed by atoms with van der Waals surface area (Å²) >= 11 is 0. The lowest BCUT2D eigenvalue weighted by Crippen LogP contribution is -2.27. The van der Waals surface area contributed by atoms with Gasteiger partial charge in [-0.2, -0.15) is 10.2 Å². The van der Waals surface area contributed by atoms with E-state index in [1.165, 1.54) is 15.6 Å². The number of fused-ring (bicyclic) bond motifs is 1. The van der Waals surface area contributed by atoms with E-state index in [4.69, 9.17) is 9.84 Å². The summed E-state index contributed by atoms with van der Waals surface area (Å²) in [4.78, 5) is 25.6. The topological polar surface area (TPSA) is 81.7 Å². The molecule has 0 fully saturated rings. The fourth-order valence-electron chi connectivity index (χ4n) is 3.37. The average molecular weight is 431 g/mol. The summed E-state index contributed by atoms with van der Waals surface area (Å²) < 4.78 is 8.84. The molecule has 3 heterocycles. The van der Waals surface area contributed by atoms with E-state index in [9.17, 15) is 9.59 Å². The van der Waals surface area contributed by atoms with E-state index in [2.05, 4.69) is 5.10 Å². The molecule has 0 saturated carbocycles. The van der Waals surface area contributed by atoms with E-state index in [1.54, 1.807) is 36.9 Å². The summed E-state index contributed by atoms with van der Waals surface area (Å²) in [6.07, 6.45) is 1.74. The molecule has 0 aliphatic heterocycles. The van der Waals surface area contributed by atoms with E-state index in [-0.39, 0.29) is 24.1 Å². The van der Waals surface area contributed by atoms with E-state index in [0.29, 0.717) is 11.4 Å². The van der Waals surface area contributed by atoms with Gasteiger partial charge in [-0.3, -0.25) is 9.59 Å². The fourth-order valence-corrected chi connectivity index (χ4v) is 3.37. The zero-order chi connectivity index (χ0) is 22.8. The summed E-state index contributed by atoms with van der Waals surface area (Å²) in [5.41, 5.74) is 3.82. The van der Waals surface area contributed by atoms with Crippen LogP contribution in [0.5, 0.6) is 5.75 Å². The molecule has 0 aliphatic carbocycles. The van der Waals surface area contributed by atoms with E-state index >= 15 is 0 Å². The molecular weight excluding hydrogens is 406 g/mol. The van der Waals surface area contributed by atoms with Crippen molar-refractivity contribution in [2.45, 2.75) is 19.9 Å². The minimum Gasteiger partial charge on any atom is -0.482 e. The van der Waals surface area contributed by atoms with Gasteiger partial charge in [0.2, 0.25) is 0 Å². The highest BCUT2D eigenvalue weighted by Gasteiger charge is 2.19. The van der Waals surface area contributed by atoms with E-state index in [1.807, 2.05) is 50.2 Å². The molecule has 8 nitrogen and oxygen atoms in total. The molecule has 0 atom stereocenters. The number of carbonyl (C=O) groups excluding carboxylic acids is 1. The van der Waals surface area contributed by atoms with Crippen molar-refractivity contribution in [3.63, 3.8) is 0 Å². The van der Waals surface area contributed by atoms with Gasteiger partial charge in [-0.05, 0) is 32.0 Å². The third-order valence-electron chi connectivity index (χ3n) is 5.08. The number of benzene rings is 1. The first-order valence-corrected chi connectivity index (χ1v) is 10.4. The van der Waals surface area contributed by atoms with Gasteiger partial charge in [-0.1, -0.05) is 30.3 Å². The molecule has 0 bridgehead atoms.